The minimum atomic E-state index is -0.175. The first-order valence-electron chi connectivity index (χ1n) is 11.4. The van der Waals surface area contributed by atoms with Crippen molar-refractivity contribution in [2.45, 2.75) is 13.8 Å². The van der Waals surface area contributed by atoms with E-state index < -0.39 is 0 Å². The number of amides is 2. The first-order chi connectivity index (χ1) is 16.6. The van der Waals surface area contributed by atoms with Gasteiger partial charge in [-0.2, -0.15) is 0 Å². The van der Waals surface area contributed by atoms with E-state index in [1.807, 2.05) is 44.2 Å². The number of anilines is 3. The molecule has 2 amide bonds. The van der Waals surface area contributed by atoms with Crippen molar-refractivity contribution >= 4 is 28.9 Å². The van der Waals surface area contributed by atoms with Gasteiger partial charge in [0.25, 0.3) is 5.91 Å². The number of ether oxygens (including phenoxy) is 2. The second-order valence-corrected chi connectivity index (χ2v) is 7.43. The van der Waals surface area contributed by atoms with Crippen LogP contribution in [0.4, 0.5) is 17.1 Å². The van der Waals surface area contributed by atoms with Crippen molar-refractivity contribution < 1.29 is 19.1 Å². The summed E-state index contributed by atoms with van der Waals surface area (Å²) in [6.07, 6.45) is 0. The molecular formula is C27H31N3O4. The summed E-state index contributed by atoms with van der Waals surface area (Å²) in [5.41, 5.74) is 2.89. The summed E-state index contributed by atoms with van der Waals surface area (Å²) >= 11 is 0. The number of benzene rings is 3. The molecule has 0 bridgehead atoms. The molecule has 0 unspecified atom stereocenters. The average Bonchev–Trinajstić information content (AvgIpc) is 2.88. The smallest absolute Gasteiger partial charge is 0.258 e. The predicted molar refractivity (Wildman–Crippen MR) is 136 cm³/mol. The molecule has 2 N–H and O–H groups in total. The second kappa shape index (κ2) is 13.0. The third-order valence-corrected chi connectivity index (χ3v) is 5.05. The molecule has 0 saturated carbocycles. The van der Waals surface area contributed by atoms with Crippen LogP contribution in [0, 0.1) is 0 Å². The van der Waals surface area contributed by atoms with Gasteiger partial charge in [0, 0.05) is 35.8 Å². The lowest BCUT2D eigenvalue weighted by Gasteiger charge is -2.21. The van der Waals surface area contributed by atoms with Crippen molar-refractivity contribution in [1.82, 2.24) is 0 Å². The molecule has 7 nitrogen and oxygen atoms in total. The van der Waals surface area contributed by atoms with Crippen LogP contribution in [-0.2, 0) is 9.53 Å². The van der Waals surface area contributed by atoms with Crippen molar-refractivity contribution in [2.75, 3.05) is 48.4 Å². The summed E-state index contributed by atoms with van der Waals surface area (Å²) in [5, 5.41) is 5.93. The van der Waals surface area contributed by atoms with Gasteiger partial charge in [0.2, 0.25) is 5.91 Å². The largest absolute Gasteiger partial charge is 0.491 e. The van der Waals surface area contributed by atoms with Gasteiger partial charge in [-0.05, 0) is 74.5 Å². The zero-order chi connectivity index (χ0) is 24.2. The zero-order valence-electron chi connectivity index (χ0n) is 19.6. The fourth-order valence-corrected chi connectivity index (χ4v) is 3.32. The molecule has 0 aliphatic rings. The minimum absolute atomic E-state index is 0.0664. The van der Waals surface area contributed by atoms with E-state index in [0.29, 0.717) is 37.6 Å². The Balaban J connectivity index is 1.47. The monoisotopic (exact) mass is 461 g/mol. The summed E-state index contributed by atoms with van der Waals surface area (Å²) < 4.78 is 10.8. The fraction of sp³-hybridized carbons (Fsp3) is 0.259. The van der Waals surface area contributed by atoms with Crippen LogP contribution in [-0.4, -0.2) is 44.7 Å². The van der Waals surface area contributed by atoms with Gasteiger partial charge in [0.05, 0.1) is 13.2 Å². The van der Waals surface area contributed by atoms with Gasteiger partial charge >= 0.3 is 0 Å². The third-order valence-electron chi connectivity index (χ3n) is 5.05. The molecule has 0 saturated heterocycles. The maximum atomic E-state index is 12.9. The molecule has 0 fully saturated rings. The quantitative estimate of drug-likeness (QED) is 0.378. The number of hydrogen-bond acceptors (Lipinski definition) is 5. The summed E-state index contributed by atoms with van der Waals surface area (Å²) in [6.45, 7) is 6.25. The summed E-state index contributed by atoms with van der Waals surface area (Å²) in [5.74, 6) is 0.481. The Morgan fingerprint density at radius 3 is 2.15 bits per heavy atom. The summed E-state index contributed by atoms with van der Waals surface area (Å²) in [6, 6.07) is 23.9. The van der Waals surface area contributed by atoms with Crippen molar-refractivity contribution in [3.63, 3.8) is 0 Å². The standard InChI is InChI=1S/C27H31N3O4/c1-3-30(24-8-6-5-7-9-24)27(32)21-10-12-22(13-11-21)28-20-26(31)29-23-14-16-25(17-15-23)34-19-18-33-4-2/h5-17,28H,3-4,18-20H2,1-2H3,(H,29,31). The highest BCUT2D eigenvalue weighted by Gasteiger charge is 2.15. The van der Waals surface area contributed by atoms with Crippen LogP contribution in [0.2, 0.25) is 0 Å². The molecule has 0 aromatic heterocycles. The van der Waals surface area contributed by atoms with E-state index in [9.17, 15) is 9.59 Å². The first kappa shape index (κ1) is 24.8. The fourth-order valence-electron chi connectivity index (χ4n) is 3.32. The van der Waals surface area contributed by atoms with Gasteiger partial charge in [-0.1, -0.05) is 18.2 Å². The number of nitrogens with one attached hydrogen (secondary N) is 2. The maximum absolute atomic E-state index is 12.9. The molecule has 178 valence electrons. The van der Waals surface area contributed by atoms with Crippen LogP contribution in [0.25, 0.3) is 0 Å². The number of hydrogen-bond donors (Lipinski definition) is 2. The molecule has 3 rings (SSSR count). The van der Waals surface area contributed by atoms with Crippen LogP contribution in [0.5, 0.6) is 5.75 Å². The van der Waals surface area contributed by atoms with Crippen LogP contribution in [0.1, 0.15) is 24.2 Å². The van der Waals surface area contributed by atoms with Crippen LogP contribution >= 0.6 is 0 Å². The zero-order valence-corrected chi connectivity index (χ0v) is 19.6. The predicted octanol–water partition coefficient (Wildman–Crippen LogP) is 4.82. The molecule has 0 radical (unpaired) electrons. The molecular weight excluding hydrogens is 430 g/mol. The topological polar surface area (TPSA) is 79.9 Å². The molecule has 7 heteroatoms. The van der Waals surface area contributed by atoms with Crippen LogP contribution in [0.15, 0.2) is 78.9 Å². The molecule has 3 aromatic rings. The molecule has 0 spiro atoms. The van der Waals surface area contributed by atoms with Gasteiger partial charge in [0.1, 0.15) is 12.4 Å². The molecule has 0 atom stereocenters. The summed E-state index contributed by atoms with van der Waals surface area (Å²) in [7, 11) is 0. The number of carbonyl (C=O) groups is 2. The van der Waals surface area contributed by atoms with E-state index in [1.54, 1.807) is 53.4 Å². The molecule has 3 aromatic carbocycles. The Morgan fingerprint density at radius 2 is 1.50 bits per heavy atom. The Bertz CT molecular complexity index is 1040. The highest BCUT2D eigenvalue weighted by Crippen LogP contribution is 2.18. The van der Waals surface area contributed by atoms with E-state index in [2.05, 4.69) is 10.6 Å². The van der Waals surface area contributed by atoms with E-state index >= 15 is 0 Å². The Labute approximate surface area is 200 Å². The van der Waals surface area contributed by atoms with Crippen molar-refractivity contribution in [1.29, 1.82) is 0 Å². The first-order valence-corrected chi connectivity index (χ1v) is 11.4. The lowest BCUT2D eigenvalue weighted by molar-refractivity contribution is -0.114. The molecule has 0 aliphatic heterocycles. The highest BCUT2D eigenvalue weighted by molar-refractivity contribution is 6.06. The third kappa shape index (κ3) is 7.35. The van der Waals surface area contributed by atoms with Gasteiger partial charge in [-0.3, -0.25) is 9.59 Å². The van der Waals surface area contributed by atoms with E-state index in [-0.39, 0.29) is 18.4 Å². The molecule has 34 heavy (non-hydrogen) atoms. The van der Waals surface area contributed by atoms with E-state index in [0.717, 1.165) is 17.1 Å². The van der Waals surface area contributed by atoms with Crippen molar-refractivity contribution in [3.8, 4) is 5.75 Å². The van der Waals surface area contributed by atoms with E-state index in [4.69, 9.17) is 9.47 Å². The SMILES string of the molecule is CCOCCOc1ccc(NC(=O)CNc2ccc(C(=O)N(CC)c3ccccc3)cc2)cc1. The van der Waals surface area contributed by atoms with Gasteiger partial charge in [-0.25, -0.2) is 0 Å². The van der Waals surface area contributed by atoms with Crippen LogP contribution in [0.3, 0.4) is 0 Å². The number of carbonyl (C=O) groups excluding carboxylic acids is 2. The highest BCUT2D eigenvalue weighted by atomic mass is 16.5. The maximum Gasteiger partial charge on any atom is 0.258 e. The number of nitrogens with zero attached hydrogens (tertiary/aromatic N) is 1. The Morgan fingerprint density at radius 1 is 0.824 bits per heavy atom. The molecule has 0 heterocycles. The lowest BCUT2D eigenvalue weighted by atomic mass is 10.1. The minimum Gasteiger partial charge on any atom is -0.491 e. The second-order valence-electron chi connectivity index (χ2n) is 7.43. The normalized spacial score (nSPS) is 10.4. The van der Waals surface area contributed by atoms with Gasteiger partial charge in [0.15, 0.2) is 0 Å². The summed E-state index contributed by atoms with van der Waals surface area (Å²) in [4.78, 5) is 26.9. The van der Waals surface area contributed by atoms with E-state index in [1.165, 1.54) is 0 Å². The molecule has 0 aliphatic carbocycles. The number of para-hydroxylation sites is 1. The van der Waals surface area contributed by atoms with Gasteiger partial charge < -0.3 is 25.0 Å². The Hall–Kier alpha value is -3.84. The lowest BCUT2D eigenvalue weighted by Crippen LogP contribution is -2.30. The Kier molecular flexibility index (Phi) is 9.49. The van der Waals surface area contributed by atoms with Gasteiger partial charge in [-0.15, -0.1) is 0 Å². The average molecular weight is 462 g/mol. The van der Waals surface area contributed by atoms with Crippen LogP contribution < -0.4 is 20.3 Å². The van der Waals surface area contributed by atoms with Crippen molar-refractivity contribution in [3.05, 3.63) is 84.4 Å². The number of rotatable bonds is 12. The van der Waals surface area contributed by atoms with Crippen molar-refractivity contribution in [2.24, 2.45) is 0 Å².